The van der Waals surface area contributed by atoms with Crippen LogP contribution in [0.1, 0.15) is 39.5 Å². The van der Waals surface area contributed by atoms with Crippen LogP contribution in [0, 0.1) is 5.41 Å². The molecule has 0 spiro atoms. The van der Waals surface area contributed by atoms with Gasteiger partial charge in [0.1, 0.15) is 11.6 Å². The maximum atomic E-state index is 11.9. The van der Waals surface area contributed by atoms with E-state index in [-0.39, 0.29) is 24.2 Å². The van der Waals surface area contributed by atoms with Gasteiger partial charge in [0.2, 0.25) is 11.8 Å². The van der Waals surface area contributed by atoms with Crippen molar-refractivity contribution in [3.05, 3.63) is 0 Å². The summed E-state index contributed by atoms with van der Waals surface area (Å²) in [6, 6.07) is -0.720. The summed E-state index contributed by atoms with van der Waals surface area (Å²) in [5.41, 5.74) is -1.41. The molecule has 1 saturated carbocycles. The Morgan fingerprint density at radius 3 is 2.50 bits per heavy atom. The van der Waals surface area contributed by atoms with Crippen LogP contribution in [0.4, 0.5) is 0 Å². The smallest absolute Gasteiger partial charge is 0.252 e. The molecule has 3 amide bonds. The molecule has 18 heavy (non-hydrogen) atoms. The standard InChI is InChI=1S/C12H18N2O4/c1-11(2)5-12(18,6-11)10(17)13-7-3-4-8(15)14-9(7)16/h7,18H,3-6H2,1-2H3,(H,13,17)(H,14,15,16). The third-order valence-electron chi connectivity index (χ3n) is 3.51. The molecule has 1 saturated heterocycles. The van der Waals surface area contributed by atoms with E-state index >= 15 is 0 Å². The topological polar surface area (TPSA) is 95.5 Å². The maximum Gasteiger partial charge on any atom is 0.252 e. The van der Waals surface area contributed by atoms with E-state index in [4.69, 9.17) is 0 Å². The van der Waals surface area contributed by atoms with E-state index in [0.29, 0.717) is 12.8 Å². The molecule has 2 aliphatic rings. The molecule has 0 aromatic rings. The van der Waals surface area contributed by atoms with Gasteiger partial charge in [0, 0.05) is 6.42 Å². The number of nitrogens with one attached hydrogen (secondary N) is 2. The van der Waals surface area contributed by atoms with Gasteiger partial charge < -0.3 is 10.4 Å². The van der Waals surface area contributed by atoms with Crippen molar-refractivity contribution in [2.45, 2.75) is 51.2 Å². The lowest BCUT2D eigenvalue weighted by Gasteiger charge is -2.48. The molecule has 0 radical (unpaired) electrons. The second-order valence-electron chi connectivity index (χ2n) is 6.03. The number of hydrogen-bond acceptors (Lipinski definition) is 4. The Bertz CT molecular complexity index is 408. The lowest BCUT2D eigenvalue weighted by atomic mass is 9.61. The summed E-state index contributed by atoms with van der Waals surface area (Å²) >= 11 is 0. The van der Waals surface area contributed by atoms with Gasteiger partial charge in [-0.2, -0.15) is 0 Å². The van der Waals surface area contributed by atoms with Crippen molar-refractivity contribution in [2.75, 3.05) is 0 Å². The molecule has 1 aliphatic carbocycles. The highest BCUT2D eigenvalue weighted by atomic mass is 16.3. The summed E-state index contributed by atoms with van der Waals surface area (Å²) in [4.78, 5) is 34.3. The zero-order valence-electron chi connectivity index (χ0n) is 10.6. The molecular formula is C12H18N2O4. The third kappa shape index (κ3) is 2.38. The summed E-state index contributed by atoms with van der Waals surface area (Å²) < 4.78 is 0. The van der Waals surface area contributed by atoms with Gasteiger partial charge in [0.15, 0.2) is 0 Å². The zero-order valence-corrected chi connectivity index (χ0v) is 10.6. The largest absolute Gasteiger partial charge is 0.380 e. The van der Waals surface area contributed by atoms with Crippen LogP contribution in [0.25, 0.3) is 0 Å². The lowest BCUT2D eigenvalue weighted by molar-refractivity contribution is -0.166. The second-order valence-corrected chi connectivity index (χ2v) is 6.03. The fourth-order valence-electron chi connectivity index (χ4n) is 2.82. The lowest BCUT2D eigenvalue weighted by Crippen LogP contribution is -2.62. The van der Waals surface area contributed by atoms with Gasteiger partial charge in [-0.25, -0.2) is 0 Å². The zero-order chi connectivity index (χ0) is 13.6. The fraction of sp³-hybridized carbons (Fsp3) is 0.750. The van der Waals surface area contributed by atoms with Gasteiger partial charge in [0.25, 0.3) is 5.91 Å². The molecule has 0 aromatic heterocycles. The van der Waals surface area contributed by atoms with E-state index < -0.39 is 23.5 Å². The van der Waals surface area contributed by atoms with Gasteiger partial charge in [-0.15, -0.1) is 0 Å². The number of carbonyl (C=O) groups excluding carboxylic acids is 3. The van der Waals surface area contributed by atoms with Crippen molar-refractivity contribution in [2.24, 2.45) is 5.41 Å². The second kappa shape index (κ2) is 4.05. The summed E-state index contributed by atoms with van der Waals surface area (Å²) in [6.07, 6.45) is 1.27. The average molecular weight is 254 g/mol. The Morgan fingerprint density at radius 1 is 1.39 bits per heavy atom. The van der Waals surface area contributed by atoms with Gasteiger partial charge in [-0.1, -0.05) is 13.8 Å². The molecule has 6 heteroatoms. The van der Waals surface area contributed by atoms with Gasteiger partial charge in [-0.05, 0) is 24.7 Å². The highest BCUT2D eigenvalue weighted by Gasteiger charge is 2.53. The van der Waals surface area contributed by atoms with E-state index in [1.165, 1.54) is 0 Å². The van der Waals surface area contributed by atoms with Gasteiger partial charge in [0.05, 0.1) is 0 Å². The minimum absolute atomic E-state index is 0.0448. The number of piperidine rings is 1. The first-order valence-electron chi connectivity index (χ1n) is 6.09. The molecule has 1 aliphatic heterocycles. The Hall–Kier alpha value is -1.43. The van der Waals surface area contributed by atoms with Crippen LogP contribution < -0.4 is 10.6 Å². The van der Waals surface area contributed by atoms with Crippen LogP contribution in [-0.4, -0.2) is 34.5 Å². The quantitative estimate of drug-likeness (QED) is 0.577. The number of aliphatic hydroxyl groups is 1. The fourth-order valence-corrected chi connectivity index (χ4v) is 2.82. The Balaban J connectivity index is 1.92. The van der Waals surface area contributed by atoms with Gasteiger partial charge in [-0.3, -0.25) is 19.7 Å². The van der Waals surface area contributed by atoms with Crippen molar-refractivity contribution in [3.63, 3.8) is 0 Å². The number of imide groups is 1. The number of rotatable bonds is 2. The van der Waals surface area contributed by atoms with Crippen molar-refractivity contribution in [1.82, 2.24) is 10.6 Å². The Labute approximate surface area is 105 Å². The van der Waals surface area contributed by atoms with E-state index in [1.807, 2.05) is 13.8 Å². The molecule has 0 bridgehead atoms. The Morgan fingerprint density at radius 2 is 2.00 bits per heavy atom. The highest BCUT2D eigenvalue weighted by molar-refractivity contribution is 6.02. The first kappa shape index (κ1) is 13.0. The predicted molar refractivity (Wildman–Crippen MR) is 62.3 cm³/mol. The van der Waals surface area contributed by atoms with Crippen LogP contribution >= 0.6 is 0 Å². The molecule has 100 valence electrons. The van der Waals surface area contributed by atoms with Crippen molar-refractivity contribution >= 4 is 17.7 Å². The molecule has 1 atom stereocenters. The average Bonchev–Trinajstić information content (AvgIpc) is 2.19. The SMILES string of the molecule is CC1(C)CC(O)(C(=O)NC2CCC(=O)NC2=O)C1. The number of amides is 3. The van der Waals surface area contributed by atoms with Crippen molar-refractivity contribution < 1.29 is 19.5 Å². The summed E-state index contributed by atoms with van der Waals surface area (Å²) in [5.74, 6) is -1.34. The minimum atomic E-state index is -1.37. The maximum absolute atomic E-state index is 11.9. The van der Waals surface area contributed by atoms with Gasteiger partial charge >= 0.3 is 0 Å². The molecule has 6 nitrogen and oxygen atoms in total. The summed E-state index contributed by atoms with van der Waals surface area (Å²) in [6.45, 7) is 3.95. The molecule has 0 aromatic carbocycles. The molecule has 3 N–H and O–H groups in total. The highest BCUT2D eigenvalue weighted by Crippen LogP contribution is 2.47. The monoisotopic (exact) mass is 254 g/mol. The molecule has 2 rings (SSSR count). The van der Waals surface area contributed by atoms with Crippen LogP contribution in [-0.2, 0) is 14.4 Å². The molecule has 2 fully saturated rings. The molecular weight excluding hydrogens is 236 g/mol. The Kier molecular flexibility index (Phi) is 2.93. The minimum Gasteiger partial charge on any atom is -0.380 e. The predicted octanol–water partition coefficient (Wildman–Crippen LogP) is -0.541. The van der Waals surface area contributed by atoms with E-state index in [2.05, 4.69) is 10.6 Å². The van der Waals surface area contributed by atoms with Crippen molar-refractivity contribution in [1.29, 1.82) is 0 Å². The first-order valence-corrected chi connectivity index (χ1v) is 6.09. The van der Waals surface area contributed by atoms with Crippen molar-refractivity contribution in [3.8, 4) is 0 Å². The molecule has 1 heterocycles. The van der Waals surface area contributed by atoms with Crippen LogP contribution in [0.5, 0.6) is 0 Å². The third-order valence-corrected chi connectivity index (χ3v) is 3.51. The van der Waals surface area contributed by atoms with E-state index in [0.717, 1.165) is 0 Å². The number of hydrogen-bond donors (Lipinski definition) is 3. The van der Waals surface area contributed by atoms with E-state index in [9.17, 15) is 19.5 Å². The van der Waals surface area contributed by atoms with Crippen LogP contribution in [0.2, 0.25) is 0 Å². The van der Waals surface area contributed by atoms with Crippen LogP contribution in [0.15, 0.2) is 0 Å². The number of carbonyl (C=O) groups is 3. The summed E-state index contributed by atoms with van der Waals surface area (Å²) in [7, 11) is 0. The normalized spacial score (nSPS) is 29.2. The summed E-state index contributed by atoms with van der Waals surface area (Å²) in [5, 5.41) is 14.8. The molecule has 1 unspecified atom stereocenters. The van der Waals surface area contributed by atoms with E-state index in [1.54, 1.807) is 0 Å². The first-order chi connectivity index (χ1) is 8.22. The van der Waals surface area contributed by atoms with Crippen LogP contribution in [0.3, 0.4) is 0 Å².